The number of hydrogen-bond acceptors (Lipinski definition) is 2. The molecule has 1 aromatic carbocycles. The number of nitrogens with two attached hydrogens (primary N) is 1. The van der Waals surface area contributed by atoms with Crippen molar-refractivity contribution in [2.75, 3.05) is 13.1 Å². The zero-order chi connectivity index (χ0) is 13.4. The molecular weight excluding hydrogens is 231 g/mol. The monoisotopic (exact) mass is 252 g/mol. The minimum atomic E-state index is -0.261. The van der Waals surface area contributed by atoms with E-state index >= 15 is 0 Å². The molecule has 1 atom stereocenters. The van der Waals surface area contributed by atoms with Gasteiger partial charge in [-0.25, -0.2) is 4.39 Å². The van der Waals surface area contributed by atoms with Gasteiger partial charge in [0.15, 0.2) is 0 Å². The molecule has 100 valence electrons. The molecule has 1 aromatic rings. The highest BCUT2D eigenvalue weighted by Gasteiger charge is 2.11. The van der Waals surface area contributed by atoms with E-state index in [1.54, 1.807) is 6.07 Å². The van der Waals surface area contributed by atoms with Crippen molar-refractivity contribution in [2.45, 2.75) is 32.1 Å². The zero-order valence-electron chi connectivity index (χ0n) is 10.8. The molecule has 0 aromatic heterocycles. The summed E-state index contributed by atoms with van der Waals surface area (Å²) in [5.41, 5.74) is 6.22. The smallest absolute Gasteiger partial charge is 0.220 e. The van der Waals surface area contributed by atoms with Crippen molar-refractivity contribution in [1.29, 1.82) is 0 Å². The molecule has 0 aliphatic heterocycles. The lowest BCUT2D eigenvalue weighted by Gasteiger charge is -2.12. The summed E-state index contributed by atoms with van der Waals surface area (Å²) in [7, 11) is 0. The predicted molar refractivity (Wildman–Crippen MR) is 70.7 cm³/mol. The van der Waals surface area contributed by atoms with E-state index in [0.29, 0.717) is 19.5 Å². The summed E-state index contributed by atoms with van der Waals surface area (Å²) >= 11 is 0. The van der Waals surface area contributed by atoms with Gasteiger partial charge in [-0.3, -0.25) is 4.79 Å². The molecule has 1 amide bonds. The maximum Gasteiger partial charge on any atom is 0.220 e. The number of carbonyl (C=O) groups is 1. The highest BCUT2D eigenvalue weighted by atomic mass is 19.1. The Morgan fingerprint density at radius 1 is 1.44 bits per heavy atom. The van der Waals surface area contributed by atoms with Gasteiger partial charge in [-0.2, -0.15) is 0 Å². The fraction of sp³-hybridized carbons (Fsp3) is 0.500. The van der Waals surface area contributed by atoms with Crippen LogP contribution in [0.25, 0.3) is 0 Å². The third-order valence-electron chi connectivity index (χ3n) is 2.86. The largest absolute Gasteiger partial charge is 0.356 e. The Hall–Kier alpha value is -1.42. The molecular formula is C14H21FN2O. The first-order valence-corrected chi connectivity index (χ1v) is 6.35. The van der Waals surface area contributed by atoms with Crippen LogP contribution in [0.4, 0.5) is 4.39 Å². The van der Waals surface area contributed by atoms with Gasteiger partial charge in [0.2, 0.25) is 5.91 Å². The fourth-order valence-corrected chi connectivity index (χ4v) is 1.78. The van der Waals surface area contributed by atoms with Crippen LogP contribution in [-0.4, -0.2) is 19.0 Å². The number of unbranched alkanes of at least 4 members (excludes halogenated alkanes) is 1. The Balaban J connectivity index is 2.35. The fourth-order valence-electron chi connectivity index (χ4n) is 1.78. The van der Waals surface area contributed by atoms with E-state index < -0.39 is 0 Å². The normalized spacial score (nSPS) is 12.2. The third kappa shape index (κ3) is 5.27. The number of nitrogens with one attached hydrogen (secondary N) is 1. The van der Waals surface area contributed by atoms with Crippen molar-refractivity contribution in [3.05, 3.63) is 35.6 Å². The maximum atomic E-state index is 13.0. The molecule has 1 unspecified atom stereocenters. The molecule has 4 heteroatoms. The number of benzene rings is 1. The molecule has 0 aliphatic rings. The van der Waals surface area contributed by atoms with Crippen LogP contribution in [0.3, 0.4) is 0 Å². The van der Waals surface area contributed by atoms with Gasteiger partial charge in [0.1, 0.15) is 5.82 Å². The average Bonchev–Trinajstić information content (AvgIpc) is 2.34. The Kier molecular flexibility index (Phi) is 6.36. The summed E-state index contributed by atoms with van der Waals surface area (Å²) in [5, 5.41) is 2.84. The van der Waals surface area contributed by atoms with Gasteiger partial charge in [-0.05, 0) is 43.0 Å². The van der Waals surface area contributed by atoms with Crippen molar-refractivity contribution in [1.82, 2.24) is 5.32 Å². The molecule has 0 heterocycles. The molecule has 18 heavy (non-hydrogen) atoms. The molecule has 1 rings (SSSR count). The molecule has 0 saturated heterocycles. The Morgan fingerprint density at radius 2 is 2.22 bits per heavy atom. The van der Waals surface area contributed by atoms with Crippen LogP contribution in [0.5, 0.6) is 0 Å². The van der Waals surface area contributed by atoms with Gasteiger partial charge < -0.3 is 11.1 Å². The van der Waals surface area contributed by atoms with Crippen LogP contribution in [0, 0.1) is 5.82 Å². The molecule has 0 fully saturated rings. The van der Waals surface area contributed by atoms with E-state index in [4.69, 9.17) is 5.73 Å². The number of amides is 1. The van der Waals surface area contributed by atoms with Gasteiger partial charge in [0.05, 0.1) is 0 Å². The lowest BCUT2D eigenvalue weighted by atomic mass is 9.97. The number of rotatable bonds is 7. The van der Waals surface area contributed by atoms with Crippen LogP contribution in [-0.2, 0) is 4.79 Å². The van der Waals surface area contributed by atoms with Gasteiger partial charge in [0.25, 0.3) is 0 Å². The molecule has 3 nitrogen and oxygen atoms in total. The summed E-state index contributed by atoms with van der Waals surface area (Å²) in [6, 6.07) is 6.39. The quantitative estimate of drug-likeness (QED) is 0.731. The molecule has 0 saturated carbocycles. The second-order valence-corrected chi connectivity index (χ2v) is 4.51. The predicted octanol–water partition coefficient (Wildman–Crippen LogP) is 2.17. The first-order chi connectivity index (χ1) is 8.63. The zero-order valence-corrected chi connectivity index (χ0v) is 10.8. The summed E-state index contributed by atoms with van der Waals surface area (Å²) < 4.78 is 13.0. The maximum absolute atomic E-state index is 13.0. The van der Waals surface area contributed by atoms with Gasteiger partial charge in [-0.1, -0.05) is 19.1 Å². The summed E-state index contributed by atoms with van der Waals surface area (Å²) in [4.78, 5) is 11.6. The second kappa shape index (κ2) is 7.82. The summed E-state index contributed by atoms with van der Waals surface area (Å²) in [5.74, 6) is -0.235. The summed E-state index contributed by atoms with van der Waals surface area (Å²) in [6.45, 7) is 3.23. The molecule has 3 N–H and O–H groups in total. The van der Waals surface area contributed by atoms with Crippen LogP contribution in [0.1, 0.15) is 37.7 Å². The third-order valence-corrected chi connectivity index (χ3v) is 2.86. The van der Waals surface area contributed by atoms with Crippen molar-refractivity contribution in [3.63, 3.8) is 0 Å². The number of hydrogen-bond donors (Lipinski definition) is 2. The van der Waals surface area contributed by atoms with E-state index in [1.165, 1.54) is 12.1 Å². The van der Waals surface area contributed by atoms with Crippen LogP contribution in [0.15, 0.2) is 24.3 Å². The van der Waals surface area contributed by atoms with Crippen LogP contribution < -0.4 is 11.1 Å². The Labute approximate surface area is 108 Å². The lowest BCUT2D eigenvalue weighted by Crippen LogP contribution is -2.26. The van der Waals surface area contributed by atoms with E-state index in [-0.39, 0.29) is 17.6 Å². The molecule has 0 radical (unpaired) electrons. The Bertz CT molecular complexity index is 382. The minimum Gasteiger partial charge on any atom is -0.356 e. The first-order valence-electron chi connectivity index (χ1n) is 6.35. The first kappa shape index (κ1) is 14.6. The lowest BCUT2D eigenvalue weighted by molar-refractivity contribution is -0.121. The molecule has 0 spiro atoms. The number of carbonyl (C=O) groups excluding carboxylic acids is 1. The van der Waals surface area contributed by atoms with E-state index in [2.05, 4.69) is 5.32 Å². The highest BCUT2D eigenvalue weighted by Crippen LogP contribution is 2.19. The Morgan fingerprint density at radius 3 is 2.89 bits per heavy atom. The minimum absolute atomic E-state index is 0.00350. The topological polar surface area (TPSA) is 55.1 Å². The van der Waals surface area contributed by atoms with E-state index in [1.807, 2.05) is 13.0 Å². The SMILES string of the molecule is CC(CC(=O)NCCCCN)c1cccc(F)c1. The van der Waals surface area contributed by atoms with E-state index in [0.717, 1.165) is 18.4 Å². The van der Waals surface area contributed by atoms with Gasteiger partial charge in [-0.15, -0.1) is 0 Å². The standard InChI is InChI=1S/C14H21FN2O/c1-11(12-5-4-6-13(15)10-12)9-14(18)17-8-3-2-7-16/h4-6,10-11H,2-3,7-9,16H2,1H3,(H,17,18). The van der Waals surface area contributed by atoms with E-state index in [9.17, 15) is 9.18 Å². The van der Waals surface area contributed by atoms with Crippen molar-refractivity contribution < 1.29 is 9.18 Å². The van der Waals surface area contributed by atoms with Crippen LogP contribution >= 0.6 is 0 Å². The van der Waals surface area contributed by atoms with Crippen molar-refractivity contribution in [3.8, 4) is 0 Å². The second-order valence-electron chi connectivity index (χ2n) is 4.51. The van der Waals surface area contributed by atoms with Crippen molar-refractivity contribution >= 4 is 5.91 Å². The van der Waals surface area contributed by atoms with Crippen molar-refractivity contribution in [2.24, 2.45) is 5.73 Å². The summed E-state index contributed by atoms with van der Waals surface area (Å²) in [6.07, 6.45) is 2.20. The molecule has 0 aliphatic carbocycles. The van der Waals surface area contributed by atoms with Gasteiger partial charge in [0, 0.05) is 13.0 Å². The number of halogens is 1. The molecule has 0 bridgehead atoms. The van der Waals surface area contributed by atoms with Crippen LogP contribution in [0.2, 0.25) is 0 Å². The average molecular weight is 252 g/mol. The van der Waals surface area contributed by atoms with Gasteiger partial charge >= 0.3 is 0 Å². The highest BCUT2D eigenvalue weighted by molar-refractivity contribution is 5.76.